The molecule has 0 spiro atoms. The third-order valence-electron chi connectivity index (χ3n) is 11.9. The molecule has 1 unspecified atom stereocenters. The monoisotopic (exact) mass is 970 g/mol. The van der Waals surface area contributed by atoms with Crippen molar-refractivity contribution in [1.29, 1.82) is 0 Å². The second-order valence-electron chi connectivity index (χ2n) is 18.6. The topological polar surface area (TPSA) is 181 Å². The van der Waals surface area contributed by atoms with Crippen molar-refractivity contribution in [3.63, 3.8) is 0 Å². The Hall–Kier alpha value is -3.26. The fourth-order valence-electron chi connectivity index (χ4n) is 7.66. The molecule has 0 radical (unpaired) electrons. The fourth-order valence-corrected chi connectivity index (χ4v) is 7.66. The molecule has 0 amide bonds. The first-order chi connectivity index (χ1) is 33.1. The van der Waals surface area contributed by atoms with Crippen molar-refractivity contribution in [1.82, 2.24) is 4.90 Å². The van der Waals surface area contributed by atoms with Gasteiger partial charge in [-0.1, -0.05) is 130 Å². The molecular formula is C54H99NO13. The van der Waals surface area contributed by atoms with Crippen molar-refractivity contribution in [2.75, 3.05) is 65.9 Å². The fraction of sp³-hybridized carbons (Fsp3) is 0.889. The van der Waals surface area contributed by atoms with Crippen LogP contribution < -0.4 is 0 Å². The highest BCUT2D eigenvalue weighted by Gasteiger charge is 2.20. The van der Waals surface area contributed by atoms with Crippen LogP contribution in [0.2, 0.25) is 0 Å². The van der Waals surface area contributed by atoms with Gasteiger partial charge in [0.25, 0.3) is 0 Å². The predicted molar refractivity (Wildman–Crippen MR) is 267 cm³/mol. The van der Waals surface area contributed by atoms with E-state index >= 15 is 0 Å². The van der Waals surface area contributed by atoms with Gasteiger partial charge >= 0.3 is 35.8 Å². The summed E-state index contributed by atoms with van der Waals surface area (Å²) in [7, 11) is 0. The second-order valence-corrected chi connectivity index (χ2v) is 18.6. The number of carbonyl (C=O) groups excluding carboxylic acids is 6. The molecule has 14 heteroatoms. The van der Waals surface area contributed by atoms with Crippen molar-refractivity contribution >= 4 is 35.8 Å². The molecule has 0 bridgehead atoms. The molecular weight excluding hydrogens is 871 g/mol. The zero-order valence-electron chi connectivity index (χ0n) is 43.6. The smallest absolute Gasteiger partial charge is 0.305 e. The van der Waals surface area contributed by atoms with Gasteiger partial charge in [-0.05, 0) is 77.3 Å². The summed E-state index contributed by atoms with van der Waals surface area (Å²) in [6, 6.07) is 0. The van der Waals surface area contributed by atoms with Gasteiger partial charge in [0, 0.05) is 51.0 Å². The summed E-state index contributed by atoms with van der Waals surface area (Å²) < 4.78 is 33.3. The number of nitrogens with zero attached hydrogens (tertiary/aromatic N) is 1. The first kappa shape index (κ1) is 64.7. The van der Waals surface area contributed by atoms with E-state index in [9.17, 15) is 33.9 Å². The quantitative estimate of drug-likeness (QED) is 0.0345. The van der Waals surface area contributed by atoms with E-state index in [-0.39, 0.29) is 94.7 Å². The van der Waals surface area contributed by atoms with Gasteiger partial charge in [-0.2, -0.15) is 0 Å². The van der Waals surface area contributed by atoms with E-state index in [1.165, 1.54) is 25.7 Å². The maximum atomic E-state index is 13.0. The van der Waals surface area contributed by atoms with Crippen LogP contribution in [0.4, 0.5) is 0 Å². The summed E-state index contributed by atoms with van der Waals surface area (Å²) >= 11 is 0. The lowest BCUT2D eigenvalue weighted by Crippen LogP contribution is -2.29. The number of aliphatic hydroxyl groups excluding tert-OH is 1. The molecule has 0 aliphatic rings. The van der Waals surface area contributed by atoms with Gasteiger partial charge in [-0.3, -0.25) is 28.8 Å². The average molecular weight is 970 g/mol. The molecule has 0 aromatic rings. The standard InChI is InChI=1S/C54H99NO13/c1-5-9-12-15-21-28-41-63-49(57)31-24-19-16-20-25-34-52(60)66-44-48(45-67-53(61)35-26-27-38-55(37-8-4)39-40-56)46-68-54(62)36-29-30-47(42-64-50(58)32-22-17-13-10-6-2)43-65-51(59)33-23-18-14-11-7-3/h47-48,56H,5-46H2,1-4H3. The molecule has 0 rings (SSSR count). The molecule has 1 N–H and O–H groups in total. The highest BCUT2D eigenvalue weighted by Crippen LogP contribution is 2.16. The zero-order chi connectivity index (χ0) is 50.1. The van der Waals surface area contributed by atoms with E-state index in [0.29, 0.717) is 58.1 Å². The Labute approximate surface area is 412 Å². The molecule has 0 saturated heterocycles. The minimum atomic E-state index is -0.562. The molecule has 0 aromatic heterocycles. The van der Waals surface area contributed by atoms with E-state index in [0.717, 1.165) is 129 Å². The lowest BCUT2D eigenvalue weighted by atomic mass is 10.0. The van der Waals surface area contributed by atoms with Crippen molar-refractivity contribution < 1.29 is 62.3 Å². The Morgan fingerprint density at radius 1 is 0.338 bits per heavy atom. The minimum absolute atomic E-state index is 0.0747. The number of ether oxygens (including phenoxy) is 6. The largest absolute Gasteiger partial charge is 0.466 e. The van der Waals surface area contributed by atoms with Gasteiger partial charge in [0.05, 0.1) is 32.3 Å². The molecule has 68 heavy (non-hydrogen) atoms. The summed E-state index contributed by atoms with van der Waals surface area (Å²) in [5, 5.41) is 9.32. The van der Waals surface area contributed by atoms with E-state index in [2.05, 4.69) is 32.6 Å². The molecule has 398 valence electrons. The van der Waals surface area contributed by atoms with Gasteiger partial charge in [-0.15, -0.1) is 0 Å². The van der Waals surface area contributed by atoms with Crippen LogP contribution in [0.1, 0.15) is 233 Å². The summed E-state index contributed by atoms with van der Waals surface area (Å²) in [6.45, 7) is 11.3. The SMILES string of the molecule is CCCCCCCCOC(=O)CCCCCCCC(=O)OCC(COC(=O)CCCCN(CCC)CCO)COC(=O)CCCC(COC(=O)CCCCCCC)COC(=O)CCCCCCC. The van der Waals surface area contributed by atoms with Crippen LogP contribution in [0.15, 0.2) is 0 Å². The van der Waals surface area contributed by atoms with Gasteiger partial charge < -0.3 is 38.4 Å². The molecule has 1 atom stereocenters. The summed E-state index contributed by atoms with van der Waals surface area (Å²) in [5.74, 6) is -2.77. The molecule has 0 saturated carbocycles. The van der Waals surface area contributed by atoms with Crippen LogP contribution in [0.25, 0.3) is 0 Å². The Morgan fingerprint density at radius 3 is 1.04 bits per heavy atom. The number of aliphatic hydroxyl groups is 1. The Bertz CT molecular complexity index is 1210. The maximum absolute atomic E-state index is 13.0. The van der Waals surface area contributed by atoms with Gasteiger partial charge in [-0.25, -0.2) is 0 Å². The Kier molecular flexibility index (Phi) is 46.4. The number of hydrogen-bond donors (Lipinski definition) is 1. The average Bonchev–Trinajstić information content (AvgIpc) is 3.32. The molecule has 0 aliphatic heterocycles. The lowest BCUT2D eigenvalue weighted by molar-refractivity contribution is -0.155. The number of hydrogen-bond acceptors (Lipinski definition) is 14. The Balaban J connectivity index is 5.05. The summed E-state index contributed by atoms with van der Waals surface area (Å²) in [4.78, 5) is 77.6. The Morgan fingerprint density at radius 2 is 0.662 bits per heavy atom. The van der Waals surface area contributed by atoms with E-state index in [1.807, 2.05) is 0 Å². The number of esters is 6. The van der Waals surface area contributed by atoms with E-state index < -0.39 is 11.9 Å². The van der Waals surface area contributed by atoms with Crippen LogP contribution in [0, 0.1) is 11.8 Å². The first-order valence-electron chi connectivity index (χ1n) is 27.3. The predicted octanol–water partition coefficient (Wildman–Crippen LogP) is 11.3. The number of unbranched alkanes of at least 4 members (excludes halogenated alkanes) is 18. The van der Waals surface area contributed by atoms with Gasteiger partial charge in [0.2, 0.25) is 0 Å². The highest BCUT2D eigenvalue weighted by molar-refractivity contribution is 5.71. The van der Waals surface area contributed by atoms with Crippen molar-refractivity contribution in [3.8, 4) is 0 Å². The van der Waals surface area contributed by atoms with Crippen molar-refractivity contribution in [2.24, 2.45) is 11.8 Å². The molecule has 0 heterocycles. The van der Waals surface area contributed by atoms with Crippen LogP contribution in [-0.4, -0.2) is 112 Å². The van der Waals surface area contributed by atoms with Crippen molar-refractivity contribution in [3.05, 3.63) is 0 Å². The summed E-state index contributed by atoms with van der Waals surface area (Å²) in [5.41, 5.74) is 0. The van der Waals surface area contributed by atoms with Gasteiger partial charge in [0.1, 0.15) is 19.8 Å². The molecule has 0 fully saturated rings. The van der Waals surface area contributed by atoms with Crippen LogP contribution in [-0.2, 0) is 57.2 Å². The highest BCUT2D eigenvalue weighted by atomic mass is 16.6. The number of carbonyl (C=O) groups is 6. The van der Waals surface area contributed by atoms with Gasteiger partial charge in [0.15, 0.2) is 0 Å². The number of rotatable bonds is 50. The van der Waals surface area contributed by atoms with E-state index in [1.54, 1.807) is 0 Å². The molecule has 14 nitrogen and oxygen atoms in total. The van der Waals surface area contributed by atoms with Crippen LogP contribution in [0.5, 0.6) is 0 Å². The normalized spacial score (nSPS) is 11.7. The van der Waals surface area contributed by atoms with Crippen molar-refractivity contribution in [2.45, 2.75) is 233 Å². The zero-order valence-corrected chi connectivity index (χ0v) is 43.6. The first-order valence-corrected chi connectivity index (χ1v) is 27.3. The maximum Gasteiger partial charge on any atom is 0.305 e. The van der Waals surface area contributed by atoms with Crippen LogP contribution >= 0.6 is 0 Å². The molecule has 0 aromatic carbocycles. The summed E-state index contributed by atoms with van der Waals surface area (Å²) in [6.07, 6.45) is 25.9. The third-order valence-corrected chi connectivity index (χ3v) is 11.9. The lowest BCUT2D eigenvalue weighted by Gasteiger charge is -2.20. The minimum Gasteiger partial charge on any atom is -0.466 e. The molecule has 0 aliphatic carbocycles. The second kappa shape index (κ2) is 48.8. The van der Waals surface area contributed by atoms with E-state index in [4.69, 9.17) is 28.4 Å². The van der Waals surface area contributed by atoms with Crippen LogP contribution in [0.3, 0.4) is 0 Å². The third kappa shape index (κ3) is 44.0.